The summed E-state index contributed by atoms with van der Waals surface area (Å²) in [7, 11) is -0.00737. The SMILES string of the molecule is CNCc1cc(S(=O)(=O)N(CCOC)C2CC2)c[nH]1. The molecule has 1 saturated carbocycles. The zero-order chi connectivity index (χ0) is 13.9. The van der Waals surface area contributed by atoms with E-state index in [1.807, 2.05) is 7.05 Å². The lowest BCUT2D eigenvalue weighted by atomic mass is 10.4. The van der Waals surface area contributed by atoms with Gasteiger partial charge in [-0.1, -0.05) is 0 Å². The van der Waals surface area contributed by atoms with Gasteiger partial charge in [-0.15, -0.1) is 0 Å². The minimum atomic E-state index is -3.41. The van der Waals surface area contributed by atoms with Crippen molar-refractivity contribution in [3.05, 3.63) is 18.0 Å². The molecule has 2 N–H and O–H groups in total. The molecule has 0 bridgehead atoms. The van der Waals surface area contributed by atoms with E-state index in [2.05, 4.69) is 10.3 Å². The molecule has 1 aromatic rings. The first-order valence-corrected chi connectivity index (χ1v) is 7.86. The lowest BCUT2D eigenvalue weighted by Gasteiger charge is -2.20. The second-order valence-electron chi connectivity index (χ2n) is 4.73. The highest BCUT2D eigenvalue weighted by Gasteiger charge is 2.38. The van der Waals surface area contributed by atoms with Crippen molar-refractivity contribution in [1.29, 1.82) is 0 Å². The lowest BCUT2D eigenvalue weighted by Crippen LogP contribution is -2.35. The number of rotatable bonds is 8. The van der Waals surface area contributed by atoms with Gasteiger partial charge in [-0.05, 0) is 26.0 Å². The first-order chi connectivity index (χ1) is 9.09. The fourth-order valence-corrected chi connectivity index (χ4v) is 3.73. The fraction of sp³-hybridized carbons (Fsp3) is 0.667. The molecule has 0 aliphatic heterocycles. The highest BCUT2D eigenvalue weighted by atomic mass is 32.2. The molecule has 1 aromatic heterocycles. The molecule has 0 saturated heterocycles. The maximum absolute atomic E-state index is 12.6. The van der Waals surface area contributed by atoms with Gasteiger partial charge in [0.25, 0.3) is 0 Å². The summed E-state index contributed by atoms with van der Waals surface area (Å²) in [5.74, 6) is 0. The van der Waals surface area contributed by atoms with E-state index in [0.717, 1.165) is 18.5 Å². The maximum atomic E-state index is 12.6. The summed E-state index contributed by atoms with van der Waals surface area (Å²) in [6.07, 6.45) is 3.44. The fourth-order valence-electron chi connectivity index (χ4n) is 2.04. The van der Waals surface area contributed by atoms with Crippen molar-refractivity contribution in [2.45, 2.75) is 30.3 Å². The highest BCUT2D eigenvalue weighted by Crippen LogP contribution is 2.31. The predicted octanol–water partition coefficient (Wildman–Crippen LogP) is 0.534. The smallest absolute Gasteiger partial charge is 0.244 e. The average Bonchev–Trinajstić information content (AvgIpc) is 3.08. The Bertz CT molecular complexity index is 508. The molecule has 0 amide bonds. The third kappa shape index (κ3) is 3.36. The summed E-state index contributed by atoms with van der Waals surface area (Å²) >= 11 is 0. The van der Waals surface area contributed by atoms with Gasteiger partial charge in [0.2, 0.25) is 10.0 Å². The first kappa shape index (κ1) is 14.5. The maximum Gasteiger partial charge on any atom is 0.244 e. The van der Waals surface area contributed by atoms with E-state index in [-0.39, 0.29) is 6.04 Å². The number of H-pyrrole nitrogens is 1. The summed E-state index contributed by atoms with van der Waals surface area (Å²) in [5, 5.41) is 2.99. The first-order valence-electron chi connectivity index (χ1n) is 6.42. The van der Waals surface area contributed by atoms with Gasteiger partial charge in [0.1, 0.15) is 0 Å². The number of methoxy groups -OCH3 is 1. The monoisotopic (exact) mass is 287 g/mol. The van der Waals surface area contributed by atoms with Crippen LogP contribution in [0, 0.1) is 0 Å². The number of sulfonamides is 1. The summed E-state index contributed by atoms with van der Waals surface area (Å²) in [6, 6.07) is 1.83. The van der Waals surface area contributed by atoms with Crippen molar-refractivity contribution in [2.24, 2.45) is 0 Å². The van der Waals surface area contributed by atoms with Gasteiger partial charge in [-0.25, -0.2) is 8.42 Å². The molecule has 0 spiro atoms. The molecular weight excluding hydrogens is 266 g/mol. The standard InChI is InChI=1S/C12H21N3O3S/c1-13-8-10-7-12(9-14-10)19(16,17)15(5-6-18-2)11-3-4-11/h7,9,11,13-14H,3-6,8H2,1-2H3. The molecule has 0 aromatic carbocycles. The quantitative estimate of drug-likeness (QED) is 0.731. The van der Waals surface area contributed by atoms with E-state index in [0.29, 0.717) is 24.6 Å². The van der Waals surface area contributed by atoms with Gasteiger partial charge in [0.05, 0.1) is 11.5 Å². The molecule has 1 aliphatic rings. The Labute approximate surface area is 114 Å². The Kier molecular flexibility index (Phi) is 4.62. The Morgan fingerprint density at radius 1 is 1.53 bits per heavy atom. The minimum absolute atomic E-state index is 0.141. The largest absolute Gasteiger partial charge is 0.383 e. The number of hydrogen-bond donors (Lipinski definition) is 2. The number of aromatic nitrogens is 1. The highest BCUT2D eigenvalue weighted by molar-refractivity contribution is 7.89. The third-order valence-corrected chi connectivity index (χ3v) is 5.09. The molecule has 19 heavy (non-hydrogen) atoms. The van der Waals surface area contributed by atoms with E-state index < -0.39 is 10.0 Å². The van der Waals surface area contributed by atoms with Crippen LogP contribution in [0.3, 0.4) is 0 Å². The van der Waals surface area contributed by atoms with Crippen molar-refractivity contribution >= 4 is 10.0 Å². The van der Waals surface area contributed by atoms with Crippen molar-refractivity contribution in [2.75, 3.05) is 27.3 Å². The molecule has 1 aliphatic carbocycles. The van der Waals surface area contributed by atoms with Crippen LogP contribution < -0.4 is 5.32 Å². The Morgan fingerprint density at radius 3 is 2.84 bits per heavy atom. The Balaban J connectivity index is 2.17. The van der Waals surface area contributed by atoms with Crippen molar-refractivity contribution in [3.8, 4) is 0 Å². The molecule has 0 radical (unpaired) electrons. The molecule has 0 atom stereocenters. The van der Waals surface area contributed by atoms with Gasteiger partial charge in [0.15, 0.2) is 0 Å². The van der Waals surface area contributed by atoms with Gasteiger partial charge in [-0.3, -0.25) is 0 Å². The van der Waals surface area contributed by atoms with Gasteiger partial charge in [0, 0.05) is 38.1 Å². The van der Waals surface area contributed by atoms with Crippen molar-refractivity contribution in [3.63, 3.8) is 0 Å². The molecule has 1 fully saturated rings. The summed E-state index contributed by atoms with van der Waals surface area (Å²) in [6.45, 7) is 1.45. The van der Waals surface area contributed by atoms with Crippen LogP contribution in [-0.2, 0) is 21.3 Å². The van der Waals surface area contributed by atoms with E-state index in [1.165, 1.54) is 0 Å². The molecule has 7 heteroatoms. The van der Waals surface area contributed by atoms with E-state index in [4.69, 9.17) is 4.74 Å². The van der Waals surface area contributed by atoms with Crippen LogP contribution in [0.25, 0.3) is 0 Å². The van der Waals surface area contributed by atoms with Crippen LogP contribution in [0.5, 0.6) is 0 Å². The number of nitrogens with one attached hydrogen (secondary N) is 2. The van der Waals surface area contributed by atoms with Crippen molar-refractivity contribution < 1.29 is 13.2 Å². The Hall–Kier alpha value is -0.890. The third-order valence-electron chi connectivity index (χ3n) is 3.16. The van der Waals surface area contributed by atoms with Crippen LogP contribution in [-0.4, -0.2) is 51.1 Å². The minimum Gasteiger partial charge on any atom is -0.383 e. The molecule has 1 heterocycles. The number of aromatic amines is 1. The van der Waals surface area contributed by atoms with Gasteiger partial charge >= 0.3 is 0 Å². The van der Waals surface area contributed by atoms with Crippen LogP contribution in [0.15, 0.2) is 17.2 Å². The zero-order valence-electron chi connectivity index (χ0n) is 11.3. The van der Waals surface area contributed by atoms with Crippen LogP contribution in [0.2, 0.25) is 0 Å². The van der Waals surface area contributed by atoms with Gasteiger partial charge in [-0.2, -0.15) is 4.31 Å². The lowest BCUT2D eigenvalue weighted by molar-refractivity contribution is 0.177. The van der Waals surface area contributed by atoms with Gasteiger partial charge < -0.3 is 15.0 Å². The molecule has 2 rings (SSSR count). The number of ether oxygens (including phenoxy) is 1. The normalized spacial score (nSPS) is 16.2. The van der Waals surface area contributed by atoms with Crippen LogP contribution >= 0.6 is 0 Å². The summed E-state index contributed by atoms with van der Waals surface area (Å²) in [4.78, 5) is 3.32. The second-order valence-corrected chi connectivity index (χ2v) is 6.62. The van der Waals surface area contributed by atoms with Crippen molar-refractivity contribution in [1.82, 2.24) is 14.6 Å². The van der Waals surface area contributed by atoms with Crippen LogP contribution in [0.4, 0.5) is 0 Å². The number of nitrogens with zero attached hydrogens (tertiary/aromatic N) is 1. The zero-order valence-corrected chi connectivity index (χ0v) is 12.2. The Morgan fingerprint density at radius 2 is 2.26 bits per heavy atom. The molecular formula is C12H21N3O3S. The molecule has 0 unspecified atom stereocenters. The molecule has 6 nitrogen and oxygen atoms in total. The predicted molar refractivity (Wildman–Crippen MR) is 72.3 cm³/mol. The van der Waals surface area contributed by atoms with E-state index >= 15 is 0 Å². The topological polar surface area (TPSA) is 74.4 Å². The number of hydrogen-bond acceptors (Lipinski definition) is 4. The van der Waals surface area contributed by atoms with E-state index in [9.17, 15) is 8.42 Å². The van der Waals surface area contributed by atoms with Crippen LogP contribution in [0.1, 0.15) is 18.5 Å². The van der Waals surface area contributed by atoms with E-state index in [1.54, 1.807) is 23.7 Å². The second kappa shape index (κ2) is 6.04. The average molecular weight is 287 g/mol. The summed E-state index contributed by atoms with van der Waals surface area (Å²) < 4.78 is 31.7. The molecule has 108 valence electrons. The summed E-state index contributed by atoms with van der Waals surface area (Å²) in [5.41, 5.74) is 0.864.